The Morgan fingerprint density at radius 3 is 2.44 bits per heavy atom. The smallest absolute Gasteiger partial charge is 0.245 e. The lowest BCUT2D eigenvalue weighted by Crippen LogP contribution is -2.10. The molecule has 126 valence electrons. The molecule has 0 saturated carbocycles. The fourth-order valence-corrected chi connectivity index (χ4v) is 3.18. The van der Waals surface area contributed by atoms with Crippen molar-refractivity contribution in [2.45, 2.75) is 0 Å². The summed E-state index contributed by atoms with van der Waals surface area (Å²) >= 11 is 12.6. The van der Waals surface area contributed by atoms with E-state index >= 15 is 0 Å². The second-order valence-corrected chi connectivity index (χ2v) is 6.00. The monoisotopic (exact) mass is 373 g/mol. The third-order valence-corrected chi connectivity index (χ3v) is 4.63. The summed E-state index contributed by atoms with van der Waals surface area (Å²) in [4.78, 5) is 23.0. The first-order valence-corrected chi connectivity index (χ1v) is 8.11. The van der Waals surface area contributed by atoms with E-state index in [1.54, 1.807) is 0 Å². The first-order valence-electron chi connectivity index (χ1n) is 7.36. The summed E-state index contributed by atoms with van der Waals surface area (Å²) in [7, 11) is 1.38. The first-order chi connectivity index (χ1) is 12.1. The van der Waals surface area contributed by atoms with Crippen LogP contribution in [0.3, 0.4) is 0 Å². The molecule has 0 radical (unpaired) electrons. The molecule has 2 aromatic carbocycles. The zero-order valence-electron chi connectivity index (χ0n) is 13.2. The van der Waals surface area contributed by atoms with E-state index in [1.807, 2.05) is 48.5 Å². The van der Waals surface area contributed by atoms with Gasteiger partial charge in [0.25, 0.3) is 0 Å². The largest absolute Gasteiger partial charge is 0.502 e. The van der Waals surface area contributed by atoms with Crippen LogP contribution in [0.4, 0.5) is 0 Å². The van der Waals surface area contributed by atoms with Crippen molar-refractivity contribution in [3.05, 3.63) is 65.0 Å². The van der Waals surface area contributed by atoms with E-state index in [0.717, 1.165) is 11.1 Å². The third kappa shape index (κ3) is 3.06. The Kier molecular flexibility index (Phi) is 4.93. The molecule has 1 aromatic heterocycles. The number of ketones is 1. The SMILES string of the molecule is CO/C=C(/C(=O)C=O)n1c(Cl)c(Cl)c2ccc(-c3ccccc3)cc21. The Bertz CT molecular complexity index is 991. The number of aromatic nitrogens is 1. The lowest BCUT2D eigenvalue weighted by Gasteiger charge is -2.09. The number of Topliss-reactive ketones (excluding diaryl/α,β-unsaturated/α-hetero) is 1. The van der Waals surface area contributed by atoms with Gasteiger partial charge in [-0.1, -0.05) is 65.7 Å². The highest BCUT2D eigenvalue weighted by molar-refractivity contribution is 6.48. The Morgan fingerprint density at radius 1 is 1.08 bits per heavy atom. The zero-order chi connectivity index (χ0) is 18.0. The summed E-state index contributed by atoms with van der Waals surface area (Å²) in [6, 6.07) is 15.4. The van der Waals surface area contributed by atoms with Crippen LogP contribution in [0.25, 0.3) is 27.7 Å². The fraction of sp³-hybridized carbons (Fsp3) is 0.0526. The van der Waals surface area contributed by atoms with E-state index in [-0.39, 0.29) is 17.1 Å². The molecule has 0 amide bonds. The Balaban J connectivity index is 2.31. The summed E-state index contributed by atoms with van der Waals surface area (Å²) in [5.74, 6) is -0.762. The van der Waals surface area contributed by atoms with Gasteiger partial charge in [-0.15, -0.1) is 0 Å². The molecule has 0 N–H and O–H groups in total. The Morgan fingerprint density at radius 2 is 1.80 bits per heavy atom. The molecule has 0 aliphatic carbocycles. The zero-order valence-corrected chi connectivity index (χ0v) is 14.7. The van der Waals surface area contributed by atoms with Gasteiger partial charge in [0.15, 0.2) is 6.29 Å². The van der Waals surface area contributed by atoms with Crippen LogP contribution in [0.1, 0.15) is 0 Å². The molecule has 0 bridgehead atoms. The first kappa shape index (κ1) is 17.3. The molecule has 25 heavy (non-hydrogen) atoms. The Labute approximate surface area is 154 Å². The van der Waals surface area contributed by atoms with E-state index in [4.69, 9.17) is 27.9 Å². The fourth-order valence-electron chi connectivity index (χ4n) is 2.66. The number of aldehydes is 1. The molecular formula is C19H13Cl2NO3. The highest BCUT2D eigenvalue weighted by Crippen LogP contribution is 2.38. The number of fused-ring (bicyclic) bond motifs is 1. The second-order valence-electron chi connectivity index (χ2n) is 5.26. The number of carbonyl (C=O) groups is 2. The maximum Gasteiger partial charge on any atom is 0.245 e. The van der Waals surface area contributed by atoms with Crippen molar-refractivity contribution < 1.29 is 14.3 Å². The van der Waals surface area contributed by atoms with Gasteiger partial charge in [0, 0.05) is 5.39 Å². The molecule has 3 aromatic rings. The van der Waals surface area contributed by atoms with Crippen molar-refractivity contribution in [1.29, 1.82) is 0 Å². The normalized spacial score (nSPS) is 11.6. The van der Waals surface area contributed by atoms with Crippen molar-refractivity contribution >= 4 is 51.9 Å². The quantitative estimate of drug-likeness (QED) is 0.278. The molecule has 4 nitrogen and oxygen atoms in total. The van der Waals surface area contributed by atoms with Crippen LogP contribution in [-0.2, 0) is 14.3 Å². The minimum absolute atomic E-state index is 0.00962. The van der Waals surface area contributed by atoms with Gasteiger partial charge in [0.05, 0.1) is 17.6 Å². The molecule has 0 unspecified atom stereocenters. The molecule has 6 heteroatoms. The van der Waals surface area contributed by atoms with Crippen molar-refractivity contribution in [1.82, 2.24) is 4.57 Å². The molecule has 0 spiro atoms. The second kappa shape index (κ2) is 7.13. The topological polar surface area (TPSA) is 48.3 Å². The van der Waals surface area contributed by atoms with Gasteiger partial charge in [0.2, 0.25) is 5.78 Å². The van der Waals surface area contributed by atoms with Crippen molar-refractivity contribution in [2.75, 3.05) is 7.11 Å². The molecule has 0 fully saturated rings. The van der Waals surface area contributed by atoms with E-state index in [1.165, 1.54) is 17.9 Å². The van der Waals surface area contributed by atoms with Crippen LogP contribution in [0.2, 0.25) is 10.2 Å². The summed E-state index contributed by atoms with van der Waals surface area (Å²) in [6.07, 6.45) is 1.38. The summed E-state index contributed by atoms with van der Waals surface area (Å²) in [6.45, 7) is 0. The van der Waals surface area contributed by atoms with Gasteiger partial charge in [-0.25, -0.2) is 0 Å². The molecule has 1 heterocycles. The summed E-state index contributed by atoms with van der Waals surface area (Å²) < 4.78 is 6.37. The number of nitrogens with zero attached hydrogens (tertiary/aromatic N) is 1. The van der Waals surface area contributed by atoms with Crippen molar-refractivity contribution in [2.24, 2.45) is 0 Å². The Hall–Kier alpha value is -2.56. The molecule has 0 atom stereocenters. The number of allylic oxidation sites excluding steroid dienone is 1. The van der Waals surface area contributed by atoms with Gasteiger partial charge < -0.3 is 4.74 Å². The number of hydrogen-bond donors (Lipinski definition) is 0. The van der Waals surface area contributed by atoms with Gasteiger partial charge in [0.1, 0.15) is 17.1 Å². The summed E-state index contributed by atoms with van der Waals surface area (Å²) in [5.41, 5.74) is 2.53. The standard InChI is InChI=1S/C19H13Cl2NO3/c1-25-11-16(17(24)10-23)22-15-9-13(12-5-3-2-4-6-12)7-8-14(15)18(20)19(22)21/h2-11H,1H3/b16-11-. The number of carbonyl (C=O) groups excluding carboxylic acids is 2. The van der Waals surface area contributed by atoms with Crippen LogP contribution in [0.5, 0.6) is 0 Å². The van der Waals surface area contributed by atoms with Gasteiger partial charge >= 0.3 is 0 Å². The van der Waals surface area contributed by atoms with E-state index in [9.17, 15) is 9.59 Å². The van der Waals surface area contributed by atoms with Crippen LogP contribution in [0, 0.1) is 0 Å². The maximum atomic E-state index is 12.0. The third-order valence-electron chi connectivity index (χ3n) is 3.79. The number of benzene rings is 2. The number of rotatable bonds is 5. The number of methoxy groups -OCH3 is 1. The van der Waals surface area contributed by atoms with Crippen LogP contribution >= 0.6 is 23.2 Å². The average molecular weight is 374 g/mol. The molecule has 0 aliphatic rings. The van der Waals surface area contributed by atoms with Crippen molar-refractivity contribution in [3.8, 4) is 11.1 Å². The predicted octanol–water partition coefficient (Wildman–Crippen LogP) is 4.83. The van der Waals surface area contributed by atoms with E-state index in [0.29, 0.717) is 15.9 Å². The van der Waals surface area contributed by atoms with Crippen LogP contribution in [-0.4, -0.2) is 23.7 Å². The number of hydrogen-bond acceptors (Lipinski definition) is 3. The lowest BCUT2D eigenvalue weighted by molar-refractivity contribution is -0.126. The van der Waals surface area contributed by atoms with E-state index < -0.39 is 5.78 Å². The molecule has 3 rings (SSSR count). The van der Waals surface area contributed by atoms with E-state index in [2.05, 4.69) is 0 Å². The van der Waals surface area contributed by atoms with Gasteiger partial charge in [-0.3, -0.25) is 14.2 Å². The highest BCUT2D eigenvalue weighted by atomic mass is 35.5. The summed E-state index contributed by atoms with van der Waals surface area (Å²) in [5, 5.41) is 1.12. The predicted molar refractivity (Wildman–Crippen MR) is 99.7 cm³/mol. The van der Waals surface area contributed by atoms with Gasteiger partial charge in [-0.05, 0) is 17.2 Å². The number of halogens is 2. The molecule has 0 aliphatic heterocycles. The number of ether oxygens (including phenoxy) is 1. The van der Waals surface area contributed by atoms with Crippen LogP contribution < -0.4 is 0 Å². The highest BCUT2D eigenvalue weighted by Gasteiger charge is 2.21. The van der Waals surface area contributed by atoms with Crippen molar-refractivity contribution in [3.63, 3.8) is 0 Å². The maximum absolute atomic E-state index is 12.0. The lowest BCUT2D eigenvalue weighted by atomic mass is 10.0. The van der Waals surface area contributed by atoms with Crippen LogP contribution in [0.15, 0.2) is 54.8 Å². The minimum atomic E-state index is -0.762. The molecular weight excluding hydrogens is 361 g/mol. The minimum Gasteiger partial charge on any atom is -0.502 e. The molecule has 0 saturated heterocycles. The van der Waals surface area contributed by atoms with Gasteiger partial charge in [-0.2, -0.15) is 0 Å². The average Bonchev–Trinajstić information content (AvgIpc) is 2.90.